The summed E-state index contributed by atoms with van der Waals surface area (Å²) in [5.74, 6) is 1.18. The summed E-state index contributed by atoms with van der Waals surface area (Å²) in [5.41, 5.74) is 0.422. The third kappa shape index (κ3) is 4.02. The van der Waals surface area contributed by atoms with Gasteiger partial charge in [-0.15, -0.1) is 0 Å². The summed E-state index contributed by atoms with van der Waals surface area (Å²) in [7, 11) is 0. The van der Waals surface area contributed by atoms with Gasteiger partial charge in [0.05, 0.1) is 29.0 Å². The number of hydrogen-bond donors (Lipinski definition) is 0. The predicted molar refractivity (Wildman–Crippen MR) is 108 cm³/mol. The molecule has 0 spiro atoms. The Kier molecular flexibility index (Phi) is 5.46. The summed E-state index contributed by atoms with van der Waals surface area (Å²) < 4.78 is 6.13. The number of halogens is 1. The molecule has 1 aromatic carbocycles. The number of benzene rings is 1. The van der Waals surface area contributed by atoms with Gasteiger partial charge in [-0.1, -0.05) is 16.8 Å². The number of nitro benzene ring substituents is 1. The fourth-order valence-corrected chi connectivity index (χ4v) is 3.54. The van der Waals surface area contributed by atoms with Crippen molar-refractivity contribution in [2.45, 2.75) is 13.5 Å². The van der Waals surface area contributed by atoms with Gasteiger partial charge in [-0.05, 0) is 12.1 Å². The van der Waals surface area contributed by atoms with Gasteiger partial charge in [-0.3, -0.25) is 19.8 Å². The van der Waals surface area contributed by atoms with Crippen LogP contribution in [-0.4, -0.2) is 55.9 Å². The number of nitrogens with zero attached hydrogens (tertiary/aromatic N) is 7. The Hall–Kier alpha value is -3.31. The molecule has 4 rings (SSSR count). The van der Waals surface area contributed by atoms with Gasteiger partial charge in [0.25, 0.3) is 11.2 Å². The standard InChI is InChI=1S/C18H18ClN7O4/c1-12-21-16(22-30-12)11-23-6-8-24(9-7-23)15-10-20-25(18(27)17(15)19)13-2-4-14(5-3-13)26(28)29/h2-5,10H,6-9,11H2,1H3. The molecule has 12 heteroatoms. The van der Waals surface area contributed by atoms with Crippen LogP contribution in [0.4, 0.5) is 11.4 Å². The molecule has 2 aromatic heterocycles. The van der Waals surface area contributed by atoms with Crippen LogP contribution in [0.2, 0.25) is 5.02 Å². The molecular weight excluding hydrogens is 414 g/mol. The smallest absolute Gasteiger partial charge is 0.292 e. The van der Waals surface area contributed by atoms with E-state index in [1.54, 1.807) is 13.1 Å². The summed E-state index contributed by atoms with van der Waals surface area (Å²) in [6.45, 7) is 5.17. The highest BCUT2D eigenvalue weighted by Crippen LogP contribution is 2.23. The molecule has 0 N–H and O–H groups in total. The first-order valence-electron chi connectivity index (χ1n) is 9.21. The molecule has 0 radical (unpaired) electrons. The van der Waals surface area contributed by atoms with Crippen LogP contribution in [0.5, 0.6) is 0 Å². The average Bonchev–Trinajstić information content (AvgIpc) is 3.15. The lowest BCUT2D eigenvalue weighted by atomic mass is 10.2. The predicted octanol–water partition coefficient (Wildman–Crippen LogP) is 1.81. The van der Waals surface area contributed by atoms with Crippen LogP contribution in [-0.2, 0) is 6.54 Å². The number of nitro groups is 1. The lowest BCUT2D eigenvalue weighted by Gasteiger charge is -2.35. The number of anilines is 1. The molecule has 0 bridgehead atoms. The topological polar surface area (TPSA) is 123 Å². The molecule has 0 saturated carbocycles. The first-order chi connectivity index (χ1) is 14.4. The average molecular weight is 432 g/mol. The molecule has 3 aromatic rings. The van der Waals surface area contributed by atoms with E-state index >= 15 is 0 Å². The normalized spacial score (nSPS) is 14.8. The van der Waals surface area contributed by atoms with Gasteiger partial charge in [0, 0.05) is 45.2 Å². The Labute approximate surface area is 175 Å². The van der Waals surface area contributed by atoms with Gasteiger partial charge in [-0.2, -0.15) is 14.8 Å². The molecule has 1 aliphatic rings. The van der Waals surface area contributed by atoms with Crippen LogP contribution in [0.3, 0.4) is 0 Å². The molecule has 0 unspecified atom stereocenters. The fourth-order valence-electron chi connectivity index (χ4n) is 3.30. The minimum Gasteiger partial charge on any atom is -0.366 e. The fraction of sp³-hybridized carbons (Fsp3) is 0.333. The molecule has 3 heterocycles. The van der Waals surface area contributed by atoms with E-state index < -0.39 is 10.5 Å². The second-order valence-corrected chi connectivity index (χ2v) is 7.21. The van der Waals surface area contributed by atoms with Crippen molar-refractivity contribution < 1.29 is 9.45 Å². The summed E-state index contributed by atoms with van der Waals surface area (Å²) in [5, 5.41) is 19.0. The Balaban J connectivity index is 1.47. The van der Waals surface area contributed by atoms with E-state index in [-0.39, 0.29) is 10.7 Å². The summed E-state index contributed by atoms with van der Waals surface area (Å²) in [6, 6.07) is 5.55. The number of piperazine rings is 1. The first kappa shape index (κ1) is 20.0. The zero-order valence-electron chi connectivity index (χ0n) is 16.1. The largest absolute Gasteiger partial charge is 0.366 e. The van der Waals surface area contributed by atoms with Crippen molar-refractivity contribution in [3.8, 4) is 5.69 Å². The Bertz CT molecular complexity index is 1120. The van der Waals surface area contributed by atoms with Crippen LogP contribution in [0.1, 0.15) is 11.7 Å². The molecule has 0 aliphatic carbocycles. The van der Waals surface area contributed by atoms with Gasteiger partial charge in [-0.25, -0.2) is 0 Å². The van der Waals surface area contributed by atoms with E-state index in [0.717, 1.165) is 17.8 Å². The van der Waals surface area contributed by atoms with Gasteiger partial charge < -0.3 is 9.42 Å². The van der Waals surface area contributed by atoms with Crippen molar-refractivity contribution in [2.24, 2.45) is 0 Å². The lowest BCUT2D eigenvalue weighted by Crippen LogP contribution is -2.46. The van der Waals surface area contributed by atoms with Gasteiger partial charge in [0.1, 0.15) is 5.02 Å². The van der Waals surface area contributed by atoms with E-state index in [2.05, 4.69) is 20.1 Å². The molecule has 0 amide bonds. The zero-order chi connectivity index (χ0) is 21.3. The van der Waals surface area contributed by atoms with Crippen LogP contribution < -0.4 is 10.5 Å². The Morgan fingerprint density at radius 3 is 2.50 bits per heavy atom. The highest BCUT2D eigenvalue weighted by Gasteiger charge is 2.22. The van der Waals surface area contributed by atoms with Crippen LogP contribution >= 0.6 is 11.6 Å². The third-order valence-corrected chi connectivity index (χ3v) is 5.21. The van der Waals surface area contributed by atoms with Crippen molar-refractivity contribution in [3.05, 3.63) is 67.7 Å². The molecule has 1 saturated heterocycles. The van der Waals surface area contributed by atoms with Crippen LogP contribution in [0, 0.1) is 17.0 Å². The van der Waals surface area contributed by atoms with Crippen molar-refractivity contribution in [3.63, 3.8) is 0 Å². The minimum atomic E-state index is -0.504. The highest BCUT2D eigenvalue weighted by molar-refractivity contribution is 6.33. The van der Waals surface area contributed by atoms with Gasteiger partial charge in [0.15, 0.2) is 5.82 Å². The second-order valence-electron chi connectivity index (χ2n) is 6.83. The van der Waals surface area contributed by atoms with Crippen molar-refractivity contribution in [2.75, 3.05) is 31.1 Å². The summed E-state index contributed by atoms with van der Waals surface area (Å²) >= 11 is 6.36. The molecule has 0 atom stereocenters. The maximum Gasteiger partial charge on any atom is 0.292 e. The third-order valence-electron chi connectivity index (χ3n) is 4.85. The van der Waals surface area contributed by atoms with Crippen molar-refractivity contribution in [1.82, 2.24) is 24.8 Å². The zero-order valence-corrected chi connectivity index (χ0v) is 16.8. The van der Waals surface area contributed by atoms with Crippen LogP contribution in [0.15, 0.2) is 39.8 Å². The maximum absolute atomic E-state index is 12.7. The number of aromatic nitrogens is 4. The van der Waals surface area contributed by atoms with E-state index in [1.165, 1.54) is 24.3 Å². The Morgan fingerprint density at radius 2 is 1.90 bits per heavy atom. The molecular formula is C18H18ClN7O4. The van der Waals surface area contributed by atoms with Gasteiger partial charge in [0.2, 0.25) is 5.89 Å². The highest BCUT2D eigenvalue weighted by atomic mass is 35.5. The van der Waals surface area contributed by atoms with E-state index in [9.17, 15) is 14.9 Å². The maximum atomic E-state index is 12.7. The number of hydrogen-bond acceptors (Lipinski definition) is 9. The molecule has 1 aliphatic heterocycles. The summed E-state index contributed by atoms with van der Waals surface area (Å²) in [6.07, 6.45) is 1.54. The lowest BCUT2D eigenvalue weighted by molar-refractivity contribution is -0.384. The van der Waals surface area contributed by atoms with E-state index in [0.29, 0.717) is 42.7 Å². The minimum absolute atomic E-state index is 0.0607. The molecule has 1 fully saturated rings. The number of rotatable bonds is 5. The SMILES string of the molecule is Cc1nc(CN2CCN(c3cnn(-c4ccc([N+](=O)[O-])cc4)c(=O)c3Cl)CC2)no1. The summed E-state index contributed by atoms with van der Waals surface area (Å²) in [4.78, 5) is 31.4. The van der Waals surface area contributed by atoms with Crippen molar-refractivity contribution >= 4 is 23.0 Å². The number of aryl methyl sites for hydroxylation is 1. The van der Waals surface area contributed by atoms with E-state index in [4.69, 9.17) is 16.1 Å². The monoisotopic (exact) mass is 431 g/mol. The van der Waals surface area contributed by atoms with Crippen LogP contribution in [0.25, 0.3) is 5.69 Å². The van der Waals surface area contributed by atoms with Gasteiger partial charge >= 0.3 is 0 Å². The molecule has 156 valence electrons. The second kappa shape index (κ2) is 8.20. The molecule has 11 nitrogen and oxygen atoms in total. The molecule has 30 heavy (non-hydrogen) atoms. The quantitative estimate of drug-likeness (QED) is 0.439. The first-order valence-corrected chi connectivity index (χ1v) is 9.59. The van der Waals surface area contributed by atoms with E-state index in [1.807, 2.05) is 4.90 Å². The van der Waals surface area contributed by atoms with Crippen molar-refractivity contribution in [1.29, 1.82) is 0 Å². The number of non-ortho nitro benzene ring substituents is 1. The Morgan fingerprint density at radius 1 is 1.20 bits per heavy atom.